The Morgan fingerprint density at radius 3 is 2.44 bits per heavy atom. The van der Waals surface area contributed by atoms with Gasteiger partial charge in [-0.15, -0.1) is 0 Å². The van der Waals surface area contributed by atoms with Crippen molar-refractivity contribution in [2.45, 2.75) is 25.6 Å². The molecule has 0 aliphatic carbocycles. The molecule has 1 unspecified atom stereocenters. The molecule has 0 fully saturated rings. The van der Waals surface area contributed by atoms with Crippen molar-refractivity contribution in [3.05, 3.63) is 77.4 Å². The molecular formula is C22H18FN3O. The van der Waals surface area contributed by atoms with Gasteiger partial charge in [-0.05, 0) is 52.2 Å². The zero-order valence-corrected chi connectivity index (χ0v) is 14.7. The molecule has 2 heterocycles. The standard InChI is InChI=1S/C22H18FN3O/c23-18-5-6-20-21(9-18)25-22(24-20)10-19(13-27)26-11-16-7-14-3-1-2-4-15(14)8-17(16)12-26/h1-9,13,19H,10-12H2,(H,24,25). The van der Waals surface area contributed by atoms with Crippen molar-refractivity contribution in [1.82, 2.24) is 14.9 Å². The van der Waals surface area contributed by atoms with Crippen LogP contribution < -0.4 is 0 Å². The Morgan fingerprint density at radius 2 is 1.78 bits per heavy atom. The molecule has 0 radical (unpaired) electrons. The minimum Gasteiger partial charge on any atom is -0.342 e. The van der Waals surface area contributed by atoms with E-state index in [9.17, 15) is 9.18 Å². The second-order valence-corrected chi connectivity index (χ2v) is 7.13. The number of rotatable bonds is 4. The third kappa shape index (κ3) is 2.90. The van der Waals surface area contributed by atoms with Gasteiger partial charge in [0.2, 0.25) is 0 Å². The highest BCUT2D eigenvalue weighted by molar-refractivity contribution is 5.84. The lowest BCUT2D eigenvalue weighted by Crippen LogP contribution is -2.34. The number of fused-ring (bicyclic) bond motifs is 3. The third-order valence-corrected chi connectivity index (χ3v) is 5.34. The van der Waals surface area contributed by atoms with E-state index >= 15 is 0 Å². The number of halogens is 1. The summed E-state index contributed by atoms with van der Waals surface area (Å²) < 4.78 is 13.4. The van der Waals surface area contributed by atoms with Crippen LogP contribution in [0, 0.1) is 5.82 Å². The summed E-state index contributed by atoms with van der Waals surface area (Å²) in [5.74, 6) is 0.403. The summed E-state index contributed by atoms with van der Waals surface area (Å²) in [6.45, 7) is 1.50. The molecule has 1 N–H and O–H groups in total. The summed E-state index contributed by atoms with van der Waals surface area (Å²) in [5.41, 5.74) is 3.91. The summed E-state index contributed by atoms with van der Waals surface area (Å²) in [6, 6.07) is 17.0. The first-order valence-electron chi connectivity index (χ1n) is 9.03. The maximum atomic E-state index is 13.4. The van der Waals surface area contributed by atoms with Gasteiger partial charge in [0.05, 0.1) is 17.1 Å². The molecule has 0 saturated carbocycles. The summed E-state index contributed by atoms with van der Waals surface area (Å²) >= 11 is 0. The lowest BCUT2D eigenvalue weighted by Gasteiger charge is -2.21. The molecule has 1 aliphatic heterocycles. The van der Waals surface area contributed by atoms with Crippen LogP contribution >= 0.6 is 0 Å². The monoisotopic (exact) mass is 359 g/mol. The largest absolute Gasteiger partial charge is 0.342 e. The fraction of sp³-hybridized carbons (Fsp3) is 0.182. The molecule has 0 saturated heterocycles. The average Bonchev–Trinajstić information content (AvgIpc) is 3.26. The molecule has 1 atom stereocenters. The van der Waals surface area contributed by atoms with E-state index in [1.165, 1.54) is 34.0 Å². The Kier molecular flexibility index (Phi) is 3.76. The van der Waals surface area contributed by atoms with Crippen molar-refractivity contribution < 1.29 is 9.18 Å². The van der Waals surface area contributed by atoms with Gasteiger partial charge in [0.1, 0.15) is 17.9 Å². The molecular weight excluding hydrogens is 341 g/mol. The molecule has 1 aromatic heterocycles. The highest BCUT2D eigenvalue weighted by Crippen LogP contribution is 2.29. The lowest BCUT2D eigenvalue weighted by atomic mass is 10.0. The predicted octanol–water partition coefficient (Wildman–Crippen LogP) is 3.98. The van der Waals surface area contributed by atoms with Crippen LogP contribution in [0.3, 0.4) is 0 Å². The van der Waals surface area contributed by atoms with Crippen LogP contribution in [-0.4, -0.2) is 27.2 Å². The second kappa shape index (κ2) is 6.28. The van der Waals surface area contributed by atoms with Gasteiger partial charge in [0, 0.05) is 19.5 Å². The molecule has 5 heteroatoms. The normalized spacial score (nSPS) is 15.3. The van der Waals surface area contributed by atoms with E-state index in [1.54, 1.807) is 6.07 Å². The van der Waals surface area contributed by atoms with E-state index < -0.39 is 0 Å². The Balaban J connectivity index is 1.40. The average molecular weight is 359 g/mol. The smallest absolute Gasteiger partial charge is 0.137 e. The number of nitrogens with one attached hydrogen (secondary N) is 1. The lowest BCUT2D eigenvalue weighted by molar-refractivity contribution is -0.112. The molecule has 5 rings (SSSR count). The second-order valence-electron chi connectivity index (χ2n) is 7.13. The van der Waals surface area contributed by atoms with Crippen molar-refractivity contribution in [2.24, 2.45) is 0 Å². The number of H-pyrrole nitrogens is 1. The zero-order chi connectivity index (χ0) is 18.4. The van der Waals surface area contributed by atoms with Gasteiger partial charge < -0.3 is 9.78 Å². The van der Waals surface area contributed by atoms with E-state index in [4.69, 9.17) is 0 Å². The molecule has 4 aromatic rings. The first-order valence-corrected chi connectivity index (χ1v) is 9.03. The van der Waals surface area contributed by atoms with Crippen LogP contribution in [0.5, 0.6) is 0 Å². The molecule has 3 aromatic carbocycles. The summed E-state index contributed by atoms with van der Waals surface area (Å²) in [4.78, 5) is 21.6. The van der Waals surface area contributed by atoms with E-state index in [0.717, 1.165) is 19.4 Å². The quantitative estimate of drug-likeness (QED) is 0.561. The molecule has 1 aliphatic rings. The number of aldehydes is 1. The number of nitrogens with zero attached hydrogens (tertiary/aromatic N) is 2. The minimum absolute atomic E-state index is 0.272. The third-order valence-electron chi connectivity index (χ3n) is 5.34. The van der Waals surface area contributed by atoms with Gasteiger partial charge in [-0.2, -0.15) is 0 Å². The molecule has 134 valence electrons. The van der Waals surface area contributed by atoms with E-state index in [0.29, 0.717) is 23.3 Å². The van der Waals surface area contributed by atoms with Gasteiger partial charge in [-0.1, -0.05) is 24.3 Å². The molecule has 0 spiro atoms. The van der Waals surface area contributed by atoms with Crippen molar-refractivity contribution >= 4 is 28.1 Å². The summed E-state index contributed by atoms with van der Waals surface area (Å²) in [6.07, 6.45) is 1.46. The molecule has 27 heavy (non-hydrogen) atoms. The number of hydrogen-bond donors (Lipinski definition) is 1. The zero-order valence-electron chi connectivity index (χ0n) is 14.7. The van der Waals surface area contributed by atoms with E-state index in [-0.39, 0.29) is 11.9 Å². The number of benzene rings is 3. The Labute approximate surface area is 155 Å². The number of aromatic nitrogens is 2. The van der Waals surface area contributed by atoms with Crippen LogP contribution in [0.1, 0.15) is 17.0 Å². The van der Waals surface area contributed by atoms with Crippen LogP contribution in [0.15, 0.2) is 54.6 Å². The topological polar surface area (TPSA) is 49.0 Å². The fourth-order valence-electron chi connectivity index (χ4n) is 3.95. The predicted molar refractivity (Wildman–Crippen MR) is 103 cm³/mol. The first kappa shape index (κ1) is 16.1. The number of carbonyl (C=O) groups is 1. The van der Waals surface area contributed by atoms with Crippen LogP contribution in [0.25, 0.3) is 21.8 Å². The summed E-state index contributed by atoms with van der Waals surface area (Å²) in [5, 5.41) is 2.44. The van der Waals surface area contributed by atoms with E-state index in [2.05, 4.69) is 39.1 Å². The van der Waals surface area contributed by atoms with Crippen molar-refractivity contribution in [1.29, 1.82) is 0 Å². The summed E-state index contributed by atoms with van der Waals surface area (Å²) in [7, 11) is 0. The Hall–Kier alpha value is -3.05. The van der Waals surface area contributed by atoms with Gasteiger partial charge in [0.25, 0.3) is 0 Å². The SMILES string of the molecule is O=CC(Cc1nc2ccc(F)cc2[nH]1)N1Cc2cc3ccccc3cc2C1. The van der Waals surface area contributed by atoms with Gasteiger partial charge in [0.15, 0.2) is 0 Å². The number of imidazole rings is 1. The number of hydrogen-bond acceptors (Lipinski definition) is 3. The molecule has 4 nitrogen and oxygen atoms in total. The highest BCUT2D eigenvalue weighted by atomic mass is 19.1. The van der Waals surface area contributed by atoms with Crippen molar-refractivity contribution in [2.75, 3.05) is 0 Å². The van der Waals surface area contributed by atoms with Crippen LogP contribution in [-0.2, 0) is 24.3 Å². The van der Waals surface area contributed by atoms with Crippen molar-refractivity contribution in [3.63, 3.8) is 0 Å². The Morgan fingerprint density at radius 1 is 1.07 bits per heavy atom. The Bertz CT molecular complexity index is 1120. The van der Waals surface area contributed by atoms with Crippen LogP contribution in [0.2, 0.25) is 0 Å². The van der Waals surface area contributed by atoms with Gasteiger partial charge in [-0.3, -0.25) is 4.90 Å². The maximum absolute atomic E-state index is 13.4. The first-order chi connectivity index (χ1) is 13.2. The number of aromatic amines is 1. The van der Waals surface area contributed by atoms with Gasteiger partial charge >= 0.3 is 0 Å². The maximum Gasteiger partial charge on any atom is 0.137 e. The van der Waals surface area contributed by atoms with E-state index in [1.807, 2.05) is 12.1 Å². The fourth-order valence-corrected chi connectivity index (χ4v) is 3.95. The minimum atomic E-state index is -0.299. The molecule has 0 bridgehead atoms. The number of carbonyl (C=O) groups excluding carboxylic acids is 1. The highest BCUT2D eigenvalue weighted by Gasteiger charge is 2.27. The molecule has 0 amide bonds. The van der Waals surface area contributed by atoms with Crippen LogP contribution in [0.4, 0.5) is 4.39 Å². The van der Waals surface area contributed by atoms with Gasteiger partial charge in [-0.25, -0.2) is 9.37 Å². The van der Waals surface area contributed by atoms with Crippen molar-refractivity contribution in [3.8, 4) is 0 Å².